The zero-order valence-corrected chi connectivity index (χ0v) is 11.0. The first kappa shape index (κ1) is 14.6. The van der Waals surface area contributed by atoms with Gasteiger partial charge in [-0.05, 0) is 30.2 Å². The number of rotatable bonds is 6. The molecule has 1 atom stereocenters. The van der Waals surface area contributed by atoms with E-state index in [0.29, 0.717) is 6.42 Å². The highest BCUT2D eigenvalue weighted by molar-refractivity contribution is 5.19. The molecule has 0 radical (unpaired) electrons. The third-order valence-electron chi connectivity index (χ3n) is 3.13. The largest absolute Gasteiger partial charge is 0.395 e. The topological polar surface area (TPSA) is 32.3 Å². The van der Waals surface area contributed by atoms with E-state index in [1.54, 1.807) is 0 Å². The van der Waals surface area contributed by atoms with E-state index in [1.807, 2.05) is 30.3 Å². The molecule has 0 spiro atoms. The lowest BCUT2D eigenvalue weighted by atomic mass is 10.1. The van der Waals surface area contributed by atoms with Crippen molar-refractivity contribution in [3.8, 4) is 0 Å². The fraction of sp³-hybridized carbons (Fsp3) is 0.250. The van der Waals surface area contributed by atoms with Crippen molar-refractivity contribution in [2.75, 3.05) is 6.61 Å². The Morgan fingerprint density at radius 3 is 2.50 bits per heavy atom. The van der Waals surface area contributed by atoms with Gasteiger partial charge in [0.15, 0.2) is 0 Å². The highest BCUT2D eigenvalue weighted by Crippen LogP contribution is 2.10. The van der Waals surface area contributed by atoms with Crippen molar-refractivity contribution in [2.24, 2.45) is 0 Å². The van der Waals surface area contributed by atoms with Crippen LogP contribution in [0.4, 0.5) is 8.78 Å². The number of hydrogen-bond acceptors (Lipinski definition) is 2. The minimum atomic E-state index is -0.466. The van der Waals surface area contributed by atoms with Crippen molar-refractivity contribution in [1.82, 2.24) is 5.32 Å². The lowest BCUT2D eigenvalue weighted by molar-refractivity contribution is 0.240. The minimum absolute atomic E-state index is 0.0637. The molecule has 0 unspecified atom stereocenters. The van der Waals surface area contributed by atoms with Crippen LogP contribution in [0.3, 0.4) is 0 Å². The van der Waals surface area contributed by atoms with Gasteiger partial charge in [-0.15, -0.1) is 0 Å². The number of benzene rings is 2. The summed E-state index contributed by atoms with van der Waals surface area (Å²) in [6.07, 6.45) is 0.633. The molecule has 2 aromatic carbocycles. The van der Waals surface area contributed by atoms with E-state index >= 15 is 0 Å². The third kappa shape index (κ3) is 4.11. The molecule has 2 aromatic rings. The van der Waals surface area contributed by atoms with Crippen LogP contribution in [0.15, 0.2) is 48.5 Å². The first-order chi connectivity index (χ1) is 9.69. The fourth-order valence-electron chi connectivity index (χ4n) is 2.03. The second kappa shape index (κ2) is 7.12. The summed E-state index contributed by atoms with van der Waals surface area (Å²) in [5, 5.41) is 12.4. The van der Waals surface area contributed by atoms with E-state index in [4.69, 9.17) is 0 Å². The average molecular weight is 277 g/mol. The van der Waals surface area contributed by atoms with E-state index in [2.05, 4.69) is 5.32 Å². The molecule has 0 aliphatic rings. The summed E-state index contributed by atoms with van der Waals surface area (Å²) in [5.41, 5.74) is 1.34. The molecule has 0 heterocycles. The third-order valence-corrected chi connectivity index (χ3v) is 3.13. The molecule has 4 heteroatoms. The van der Waals surface area contributed by atoms with Gasteiger partial charge < -0.3 is 10.4 Å². The van der Waals surface area contributed by atoms with Gasteiger partial charge in [-0.25, -0.2) is 8.78 Å². The Hall–Kier alpha value is -1.78. The molecule has 0 bridgehead atoms. The Balaban J connectivity index is 1.95. The Morgan fingerprint density at radius 1 is 1.05 bits per heavy atom. The smallest absolute Gasteiger partial charge is 0.127 e. The number of aliphatic hydroxyl groups is 1. The van der Waals surface area contributed by atoms with Crippen molar-refractivity contribution < 1.29 is 13.9 Å². The van der Waals surface area contributed by atoms with Gasteiger partial charge in [0.25, 0.3) is 0 Å². The molecule has 0 aliphatic heterocycles. The zero-order chi connectivity index (χ0) is 14.4. The van der Waals surface area contributed by atoms with Crippen molar-refractivity contribution in [2.45, 2.75) is 19.0 Å². The lowest BCUT2D eigenvalue weighted by Crippen LogP contribution is -2.34. The van der Waals surface area contributed by atoms with Crippen molar-refractivity contribution in [1.29, 1.82) is 0 Å². The maximum Gasteiger partial charge on any atom is 0.127 e. The molecule has 0 aliphatic carbocycles. The molecule has 2 nitrogen and oxygen atoms in total. The molecule has 0 fully saturated rings. The van der Waals surface area contributed by atoms with Gasteiger partial charge in [0.2, 0.25) is 0 Å². The van der Waals surface area contributed by atoms with Gasteiger partial charge in [-0.1, -0.05) is 30.3 Å². The van der Waals surface area contributed by atoms with Crippen LogP contribution in [0.2, 0.25) is 0 Å². The maximum absolute atomic E-state index is 13.5. The van der Waals surface area contributed by atoms with E-state index in [1.165, 1.54) is 6.07 Å². The lowest BCUT2D eigenvalue weighted by Gasteiger charge is -2.16. The fourth-order valence-corrected chi connectivity index (χ4v) is 2.03. The molecule has 2 rings (SSSR count). The quantitative estimate of drug-likeness (QED) is 0.851. The van der Waals surface area contributed by atoms with Crippen LogP contribution in [-0.2, 0) is 13.0 Å². The van der Waals surface area contributed by atoms with Crippen molar-refractivity contribution in [3.05, 3.63) is 71.3 Å². The predicted octanol–water partition coefficient (Wildman–Crippen LogP) is 2.66. The first-order valence-electron chi connectivity index (χ1n) is 6.51. The molecular formula is C16H17F2NO. The second-order valence-electron chi connectivity index (χ2n) is 4.69. The highest BCUT2D eigenvalue weighted by atomic mass is 19.1. The Morgan fingerprint density at radius 2 is 1.80 bits per heavy atom. The number of nitrogens with one attached hydrogen (secondary N) is 1. The summed E-state index contributed by atoms with van der Waals surface area (Å²) in [7, 11) is 0. The molecule has 106 valence electrons. The highest BCUT2D eigenvalue weighted by Gasteiger charge is 2.10. The van der Waals surface area contributed by atoms with E-state index < -0.39 is 11.6 Å². The first-order valence-corrected chi connectivity index (χ1v) is 6.51. The van der Waals surface area contributed by atoms with Crippen LogP contribution in [0.25, 0.3) is 0 Å². The SMILES string of the molecule is OC[C@@H](Cc1ccccc1)NCc1cc(F)ccc1F. The van der Waals surface area contributed by atoms with E-state index in [-0.39, 0.29) is 24.8 Å². The normalized spacial score (nSPS) is 12.3. The van der Waals surface area contributed by atoms with Gasteiger partial charge in [-0.2, -0.15) is 0 Å². The van der Waals surface area contributed by atoms with Crippen molar-refractivity contribution in [3.63, 3.8) is 0 Å². The molecule has 20 heavy (non-hydrogen) atoms. The summed E-state index contributed by atoms with van der Waals surface area (Å²) in [6, 6.07) is 12.9. The summed E-state index contributed by atoms with van der Waals surface area (Å²) >= 11 is 0. The Kier molecular flexibility index (Phi) is 5.21. The maximum atomic E-state index is 13.5. The molecule has 2 N–H and O–H groups in total. The van der Waals surface area contributed by atoms with Crippen molar-refractivity contribution >= 4 is 0 Å². The molecular weight excluding hydrogens is 260 g/mol. The van der Waals surface area contributed by atoms with Gasteiger partial charge >= 0.3 is 0 Å². The van der Waals surface area contributed by atoms with Gasteiger partial charge in [0, 0.05) is 18.2 Å². The van der Waals surface area contributed by atoms with Crippen LogP contribution in [0.5, 0.6) is 0 Å². The number of halogens is 2. The molecule has 0 amide bonds. The minimum Gasteiger partial charge on any atom is -0.395 e. The van der Waals surface area contributed by atoms with Crippen LogP contribution >= 0.6 is 0 Å². The Labute approximate surface area is 117 Å². The van der Waals surface area contributed by atoms with Crippen LogP contribution in [0.1, 0.15) is 11.1 Å². The molecule has 0 saturated heterocycles. The predicted molar refractivity (Wildman–Crippen MR) is 74.2 cm³/mol. The summed E-state index contributed by atoms with van der Waals surface area (Å²) < 4.78 is 26.5. The summed E-state index contributed by atoms with van der Waals surface area (Å²) in [5.74, 6) is -0.915. The zero-order valence-electron chi connectivity index (χ0n) is 11.0. The monoisotopic (exact) mass is 277 g/mol. The molecule has 0 saturated carbocycles. The number of hydrogen-bond donors (Lipinski definition) is 2. The number of aliphatic hydroxyl groups excluding tert-OH is 1. The summed E-state index contributed by atoms with van der Waals surface area (Å²) in [4.78, 5) is 0. The van der Waals surface area contributed by atoms with Crippen LogP contribution < -0.4 is 5.32 Å². The Bertz CT molecular complexity index is 545. The van der Waals surface area contributed by atoms with E-state index in [9.17, 15) is 13.9 Å². The summed E-state index contributed by atoms with van der Waals surface area (Å²) in [6.45, 7) is 0.119. The van der Waals surface area contributed by atoms with Gasteiger partial charge in [0.1, 0.15) is 11.6 Å². The standard InChI is InChI=1S/C16H17F2NO/c17-14-6-7-16(18)13(9-14)10-19-15(11-20)8-12-4-2-1-3-5-12/h1-7,9,15,19-20H,8,10-11H2/t15-/m1/s1. The van der Waals surface area contributed by atoms with Gasteiger partial charge in [0.05, 0.1) is 6.61 Å². The van der Waals surface area contributed by atoms with Crippen LogP contribution in [0, 0.1) is 11.6 Å². The molecule has 0 aromatic heterocycles. The van der Waals surface area contributed by atoms with Gasteiger partial charge in [-0.3, -0.25) is 0 Å². The second-order valence-corrected chi connectivity index (χ2v) is 4.69. The van der Waals surface area contributed by atoms with E-state index in [0.717, 1.165) is 17.7 Å². The van der Waals surface area contributed by atoms with Crippen LogP contribution in [-0.4, -0.2) is 17.8 Å². The average Bonchev–Trinajstić information content (AvgIpc) is 2.47.